The van der Waals surface area contributed by atoms with Crippen molar-refractivity contribution < 1.29 is 34.1 Å². The normalized spacial score (nSPS) is 9.60. The molecule has 0 bridgehead atoms. The van der Waals surface area contributed by atoms with Gasteiger partial charge in [0.15, 0.2) is 0 Å². The molecule has 0 unspecified atom stereocenters. The zero-order valence-electron chi connectivity index (χ0n) is 10.4. The molecule has 0 amide bonds. The lowest BCUT2D eigenvalue weighted by molar-refractivity contribution is 0.0413. The fourth-order valence-electron chi connectivity index (χ4n) is 1.38. The molecule has 7 heteroatoms. The SMILES string of the molecule is C=COCCOC(=O)c1ccc(C(=O)O)cc1C(=O)O. The quantitative estimate of drug-likeness (QED) is 0.441. The Morgan fingerprint density at radius 1 is 1.10 bits per heavy atom. The Morgan fingerprint density at radius 2 is 1.80 bits per heavy atom. The van der Waals surface area contributed by atoms with Crippen LogP contribution in [0.2, 0.25) is 0 Å². The molecule has 7 nitrogen and oxygen atoms in total. The van der Waals surface area contributed by atoms with Crippen molar-refractivity contribution in [2.75, 3.05) is 13.2 Å². The topological polar surface area (TPSA) is 110 Å². The van der Waals surface area contributed by atoms with Crippen LogP contribution in [-0.2, 0) is 9.47 Å². The van der Waals surface area contributed by atoms with Crippen LogP contribution in [0.1, 0.15) is 31.1 Å². The number of rotatable bonds is 7. The van der Waals surface area contributed by atoms with E-state index in [2.05, 4.69) is 6.58 Å². The predicted molar refractivity (Wildman–Crippen MR) is 66.8 cm³/mol. The second kappa shape index (κ2) is 6.93. The third kappa shape index (κ3) is 3.84. The number of carbonyl (C=O) groups is 3. The molecule has 0 aliphatic heterocycles. The van der Waals surface area contributed by atoms with Gasteiger partial charge in [0.1, 0.15) is 13.2 Å². The second-order valence-electron chi connectivity index (χ2n) is 3.54. The highest BCUT2D eigenvalue weighted by Crippen LogP contribution is 2.14. The van der Waals surface area contributed by atoms with Gasteiger partial charge in [0.05, 0.1) is 23.0 Å². The first-order valence-corrected chi connectivity index (χ1v) is 5.47. The first-order chi connectivity index (χ1) is 9.47. The zero-order chi connectivity index (χ0) is 15.1. The molecule has 0 aliphatic rings. The minimum absolute atomic E-state index is 0.0788. The smallest absolute Gasteiger partial charge is 0.339 e. The Labute approximate surface area is 114 Å². The molecular weight excluding hydrogens is 268 g/mol. The number of hydrogen-bond acceptors (Lipinski definition) is 5. The molecule has 1 aromatic rings. The van der Waals surface area contributed by atoms with Gasteiger partial charge in [0, 0.05) is 0 Å². The summed E-state index contributed by atoms with van der Waals surface area (Å²) in [5, 5.41) is 17.8. The Bertz CT molecular complexity index is 548. The van der Waals surface area contributed by atoms with Crippen LogP contribution in [0.25, 0.3) is 0 Å². The predicted octanol–water partition coefficient (Wildman–Crippen LogP) is 1.40. The molecule has 0 heterocycles. The molecule has 0 atom stereocenters. The van der Waals surface area contributed by atoms with E-state index in [1.165, 1.54) is 6.26 Å². The van der Waals surface area contributed by atoms with Gasteiger partial charge in [0.2, 0.25) is 0 Å². The van der Waals surface area contributed by atoms with Gasteiger partial charge in [0.25, 0.3) is 0 Å². The molecule has 0 fully saturated rings. The van der Waals surface area contributed by atoms with E-state index >= 15 is 0 Å². The minimum atomic E-state index is -1.41. The van der Waals surface area contributed by atoms with E-state index in [1.54, 1.807) is 0 Å². The first kappa shape index (κ1) is 15.2. The maximum Gasteiger partial charge on any atom is 0.339 e. The Morgan fingerprint density at radius 3 is 2.35 bits per heavy atom. The lowest BCUT2D eigenvalue weighted by Gasteiger charge is -2.08. The summed E-state index contributed by atoms with van der Waals surface area (Å²) in [5.41, 5.74) is -0.880. The summed E-state index contributed by atoms with van der Waals surface area (Å²) in [7, 11) is 0. The van der Waals surface area contributed by atoms with E-state index in [0.29, 0.717) is 0 Å². The van der Waals surface area contributed by atoms with Crippen LogP contribution in [0, 0.1) is 0 Å². The average molecular weight is 280 g/mol. The first-order valence-electron chi connectivity index (χ1n) is 5.47. The van der Waals surface area contributed by atoms with Gasteiger partial charge < -0.3 is 19.7 Å². The summed E-state index contributed by atoms with van der Waals surface area (Å²) in [6.07, 6.45) is 1.18. The number of carboxylic acid groups (broad SMARTS) is 2. The van der Waals surface area contributed by atoms with Gasteiger partial charge >= 0.3 is 17.9 Å². The van der Waals surface area contributed by atoms with Crippen LogP contribution in [-0.4, -0.2) is 41.3 Å². The van der Waals surface area contributed by atoms with Crippen molar-refractivity contribution in [3.8, 4) is 0 Å². The molecule has 0 saturated carbocycles. The molecule has 2 N–H and O–H groups in total. The van der Waals surface area contributed by atoms with Gasteiger partial charge in [-0.3, -0.25) is 0 Å². The number of benzene rings is 1. The fraction of sp³-hybridized carbons (Fsp3) is 0.154. The van der Waals surface area contributed by atoms with Crippen molar-refractivity contribution in [2.24, 2.45) is 0 Å². The summed E-state index contributed by atoms with van der Waals surface area (Å²) in [6, 6.07) is 3.14. The number of carbonyl (C=O) groups excluding carboxylic acids is 1. The average Bonchev–Trinajstić information content (AvgIpc) is 2.42. The molecule has 0 saturated heterocycles. The van der Waals surface area contributed by atoms with Crippen molar-refractivity contribution in [1.29, 1.82) is 0 Å². The van der Waals surface area contributed by atoms with Crippen molar-refractivity contribution in [2.45, 2.75) is 0 Å². The number of ether oxygens (including phenoxy) is 2. The minimum Gasteiger partial charge on any atom is -0.498 e. The van der Waals surface area contributed by atoms with E-state index in [0.717, 1.165) is 18.2 Å². The lowest BCUT2D eigenvalue weighted by Crippen LogP contribution is -2.15. The standard InChI is InChI=1S/C13H12O7/c1-2-19-5-6-20-13(18)9-4-3-8(11(14)15)7-10(9)12(16)17/h2-4,7H,1,5-6H2,(H,14,15)(H,16,17). The largest absolute Gasteiger partial charge is 0.498 e. The van der Waals surface area contributed by atoms with Crippen LogP contribution in [0.3, 0.4) is 0 Å². The highest BCUT2D eigenvalue weighted by Gasteiger charge is 2.19. The molecular formula is C13H12O7. The van der Waals surface area contributed by atoms with Crippen LogP contribution in [0.15, 0.2) is 31.0 Å². The lowest BCUT2D eigenvalue weighted by atomic mass is 10.0. The number of aromatic carboxylic acids is 2. The molecule has 106 valence electrons. The third-order valence-corrected chi connectivity index (χ3v) is 2.27. The van der Waals surface area contributed by atoms with Crippen LogP contribution in [0.5, 0.6) is 0 Å². The van der Waals surface area contributed by atoms with Crippen LogP contribution >= 0.6 is 0 Å². The van der Waals surface area contributed by atoms with Gasteiger partial charge in [-0.2, -0.15) is 0 Å². The second-order valence-corrected chi connectivity index (χ2v) is 3.54. The van der Waals surface area contributed by atoms with E-state index in [4.69, 9.17) is 19.7 Å². The van der Waals surface area contributed by atoms with Crippen molar-refractivity contribution in [1.82, 2.24) is 0 Å². The molecule has 0 radical (unpaired) electrons. The van der Waals surface area contributed by atoms with Gasteiger partial charge in [-0.25, -0.2) is 14.4 Å². The summed E-state index contributed by atoms with van der Waals surface area (Å²) in [5.74, 6) is -3.57. The number of esters is 1. The monoisotopic (exact) mass is 280 g/mol. The molecule has 20 heavy (non-hydrogen) atoms. The van der Waals surface area contributed by atoms with Crippen molar-refractivity contribution >= 4 is 17.9 Å². The Kier molecular flexibility index (Phi) is 5.28. The summed E-state index contributed by atoms with van der Waals surface area (Å²) >= 11 is 0. The van der Waals surface area contributed by atoms with Gasteiger partial charge in [-0.1, -0.05) is 6.58 Å². The maximum atomic E-state index is 11.7. The van der Waals surface area contributed by atoms with Crippen LogP contribution in [0.4, 0.5) is 0 Å². The van der Waals surface area contributed by atoms with Crippen molar-refractivity contribution in [3.05, 3.63) is 47.7 Å². The Balaban J connectivity index is 2.93. The van der Waals surface area contributed by atoms with Crippen molar-refractivity contribution in [3.63, 3.8) is 0 Å². The summed E-state index contributed by atoms with van der Waals surface area (Å²) < 4.78 is 9.54. The molecule has 0 aromatic heterocycles. The zero-order valence-corrected chi connectivity index (χ0v) is 10.4. The highest BCUT2D eigenvalue weighted by molar-refractivity contribution is 6.04. The van der Waals surface area contributed by atoms with E-state index < -0.39 is 23.5 Å². The molecule has 1 rings (SSSR count). The van der Waals surface area contributed by atoms with E-state index in [-0.39, 0.29) is 24.3 Å². The maximum absolute atomic E-state index is 11.7. The molecule has 0 aliphatic carbocycles. The fourth-order valence-corrected chi connectivity index (χ4v) is 1.38. The Hall–Kier alpha value is -2.83. The van der Waals surface area contributed by atoms with Crippen LogP contribution < -0.4 is 0 Å². The third-order valence-electron chi connectivity index (χ3n) is 2.27. The highest BCUT2D eigenvalue weighted by atomic mass is 16.6. The molecule has 0 spiro atoms. The molecule has 1 aromatic carbocycles. The number of hydrogen-bond donors (Lipinski definition) is 2. The van der Waals surface area contributed by atoms with Gasteiger partial charge in [-0.05, 0) is 18.2 Å². The van der Waals surface area contributed by atoms with E-state index in [1.807, 2.05) is 0 Å². The summed E-state index contributed by atoms with van der Waals surface area (Å²) in [6.45, 7) is 3.31. The van der Waals surface area contributed by atoms with Gasteiger partial charge in [-0.15, -0.1) is 0 Å². The van der Waals surface area contributed by atoms with E-state index in [9.17, 15) is 14.4 Å². The number of carboxylic acids is 2. The summed E-state index contributed by atoms with van der Waals surface area (Å²) in [4.78, 5) is 33.5.